The molecule has 1 fully saturated rings. The molecule has 1 saturated heterocycles. The molecule has 5 nitrogen and oxygen atoms in total. The number of likely N-dealkylation sites (tertiary alicyclic amines) is 1. The highest BCUT2D eigenvalue weighted by Crippen LogP contribution is 2.30. The van der Waals surface area contributed by atoms with E-state index in [-0.39, 0.29) is 31.3 Å². The Morgan fingerprint density at radius 2 is 2.17 bits per heavy atom. The van der Waals surface area contributed by atoms with Crippen LogP contribution in [-0.4, -0.2) is 54.8 Å². The predicted molar refractivity (Wildman–Crippen MR) is 78.1 cm³/mol. The molecule has 0 bridgehead atoms. The molecule has 2 unspecified atom stereocenters. The van der Waals surface area contributed by atoms with Crippen molar-refractivity contribution < 1.29 is 22.7 Å². The van der Waals surface area contributed by atoms with Crippen molar-refractivity contribution in [1.82, 2.24) is 15.2 Å². The number of methoxy groups -OCH3 is 1. The first-order valence-electron chi connectivity index (χ1n) is 7.36. The van der Waals surface area contributed by atoms with E-state index in [2.05, 4.69) is 10.3 Å². The Balaban J connectivity index is 1.87. The molecule has 23 heavy (non-hydrogen) atoms. The third kappa shape index (κ3) is 4.82. The topological polar surface area (TPSA) is 54.5 Å². The standard InChI is InChI=1S/C15H20F3N3O2/c1-21-9-11(6-7-12(21)15(16,17)18)19-13(22)8-10-4-3-5-14(20-10)23-2/h3-5,11-12H,6-9H2,1-2H3,(H,19,22). The first-order chi connectivity index (χ1) is 10.8. The number of aromatic nitrogens is 1. The Morgan fingerprint density at radius 1 is 1.43 bits per heavy atom. The highest BCUT2D eigenvalue weighted by atomic mass is 19.4. The lowest BCUT2D eigenvalue weighted by Crippen LogP contribution is -2.54. The van der Waals surface area contributed by atoms with Crippen LogP contribution in [0.1, 0.15) is 18.5 Å². The molecular weight excluding hydrogens is 311 g/mol. The van der Waals surface area contributed by atoms with Gasteiger partial charge in [-0.25, -0.2) is 4.98 Å². The van der Waals surface area contributed by atoms with E-state index in [4.69, 9.17) is 4.74 Å². The van der Waals surface area contributed by atoms with Gasteiger partial charge in [0.2, 0.25) is 11.8 Å². The van der Waals surface area contributed by atoms with Gasteiger partial charge in [-0.3, -0.25) is 9.69 Å². The molecule has 2 heterocycles. The zero-order valence-corrected chi connectivity index (χ0v) is 13.1. The molecule has 0 aromatic carbocycles. The number of hydrogen-bond donors (Lipinski definition) is 1. The van der Waals surface area contributed by atoms with Gasteiger partial charge >= 0.3 is 6.18 Å². The number of amides is 1. The van der Waals surface area contributed by atoms with Crippen LogP contribution in [0.4, 0.5) is 13.2 Å². The van der Waals surface area contributed by atoms with Crippen LogP contribution >= 0.6 is 0 Å². The third-order valence-electron chi connectivity index (χ3n) is 3.90. The lowest BCUT2D eigenvalue weighted by Gasteiger charge is -2.38. The molecule has 1 aliphatic rings. The molecule has 1 amide bonds. The van der Waals surface area contributed by atoms with Crippen LogP contribution in [0.5, 0.6) is 5.88 Å². The molecule has 8 heteroatoms. The number of carbonyl (C=O) groups excluding carboxylic acids is 1. The van der Waals surface area contributed by atoms with Crippen molar-refractivity contribution in [1.29, 1.82) is 0 Å². The minimum absolute atomic E-state index is 0.0116. The van der Waals surface area contributed by atoms with Crippen molar-refractivity contribution in [2.24, 2.45) is 0 Å². The number of carbonyl (C=O) groups is 1. The normalized spacial score (nSPS) is 22.7. The molecule has 2 atom stereocenters. The lowest BCUT2D eigenvalue weighted by atomic mass is 9.98. The maximum Gasteiger partial charge on any atom is 0.404 e. The van der Waals surface area contributed by atoms with E-state index < -0.39 is 12.2 Å². The number of pyridine rings is 1. The fraction of sp³-hybridized carbons (Fsp3) is 0.600. The Kier molecular flexibility index (Phi) is 5.46. The van der Waals surface area contributed by atoms with Gasteiger partial charge in [-0.15, -0.1) is 0 Å². The first-order valence-corrected chi connectivity index (χ1v) is 7.36. The number of likely N-dealkylation sites (N-methyl/N-ethyl adjacent to an activating group) is 1. The molecule has 0 aliphatic carbocycles. The minimum atomic E-state index is -4.23. The molecule has 0 saturated carbocycles. The molecule has 1 N–H and O–H groups in total. The van der Waals surface area contributed by atoms with Crippen molar-refractivity contribution in [3.63, 3.8) is 0 Å². The number of nitrogens with zero attached hydrogens (tertiary/aromatic N) is 2. The van der Waals surface area contributed by atoms with Crippen molar-refractivity contribution >= 4 is 5.91 Å². The average molecular weight is 331 g/mol. The molecule has 1 aliphatic heterocycles. The summed E-state index contributed by atoms with van der Waals surface area (Å²) in [6.45, 7) is 0.182. The summed E-state index contributed by atoms with van der Waals surface area (Å²) in [5.74, 6) is 0.162. The van der Waals surface area contributed by atoms with Crippen LogP contribution in [0, 0.1) is 0 Å². The fourth-order valence-corrected chi connectivity index (χ4v) is 2.79. The van der Waals surface area contributed by atoms with Crippen LogP contribution in [0.3, 0.4) is 0 Å². The molecule has 1 aromatic heterocycles. The van der Waals surface area contributed by atoms with Crippen molar-refractivity contribution in [2.45, 2.75) is 37.5 Å². The smallest absolute Gasteiger partial charge is 0.404 e. The van der Waals surface area contributed by atoms with E-state index in [9.17, 15) is 18.0 Å². The highest BCUT2D eigenvalue weighted by molar-refractivity contribution is 5.78. The Labute approximate surface area is 132 Å². The molecule has 2 rings (SSSR count). The second-order valence-corrected chi connectivity index (χ2v) is 5.69. The number of piperidine rings is 1. The second-order valence-electron chi connectivity index (χ2n) is 5.69. The van der Waals surface area contributed by atoms with Crippen molar-refractivity contribution in [3.05, 3.63) is 23.9 Å². The van der Waals surface area contributed by atoms with Crippen molar-refractivity contribution in [2.75, 3.05) is 20.7 Å². The number of halogens is 3. The highest BCUT2D eigenvalue weighted by Gasteiger charge is 2.44. The van der Waals surface area contributed by atoms with Gasteiger partial charge in [0.25, 0.3) is 0 Å². The second kappa shape index (κ2) is 7.16. The maximum absolute atomic E-state index is 12.8. The van der Waals surface area contributed by atoms with Gasteiger partial charge in [-0.1, -0.05) is 6.07 Å². The van der Waals surface area contributed by atoms with E-state index >= 15 is 0 Å². The quantitative estimate of drug-likeness (QED) is 0.914. The molecule has 0 spiro atoms. The maximum atomic E-state index is 12.8. The number of ether oxygens (including phenoxy) is 1. The Bertz CT molecular complexity index is 551. The van der Waals surface area contributed by atoms with Crippen LogP contribution in [0.2, 0.25) is 0 Å². The van der Waals surface area contributed by atoms with Crippen LogP contribution in [-0.2, 0) is 11.2 Å². The van der Waals surface area contributed by atoms with Gasteiger partial charge in [-0.2, -0.15) is 13.2 Å². The summed E-state index contributed by atoms with van der Waals surface area (Å²) < 4.78 is 43.4. The van der Waals surface area contributed by atoms with Gasteiger partial charge in [0.15, 0.2) is 0 Å². The molecule has 0 radical (unpaired) electrons. The van der Waals surface area contributed by atoms with Crippen molar-refractivity contribution in [3.8, 4) is 5.88 Å². The van der Waals surface area contributed by atoms with Gasteiger partial charge in [0, 0.05) is 18.7 Å². The van der Waals surface area contributed by atoms with E-state index in [1.807, 2.05) is 0 Å². The molecule has 128 valence electrons. The van der Waals surface area contributed by atoms with Crippen LogP contribution in [0.15, 0.2) is 18.2 Å². The summed E-state index contributed by atoms with van der Waals surface area (Å²) in [6.07, 6.45) is -3.86. The van der Waals surface area contributed by atoms with Crippen LogP contribution < -0.4 is 10.1 Å². The SMILES string of the molecule is COc1cccc(CC(=O)NC2CCC(C(F)(F)F)N(C)C2)n1. The van der Waals surface area contributed by atoms with E-state index in [1.165, 1.54) is 19.1 Å². The van der Waals surface area contributed by atoms with Crippen LogP contribution in [0.25, 0.3) is 0 Å². The molecule has 1 aromatic rings. The summed E-state index contributed by atoms with van der Waals surface area (Å²) in [6, 6.07) is 3.40. The van der Waals surface area contributed by atoms with E-state index in [1.54, 1.807) is 18.2 Å². The Morgan fingerprint density at radius 3 is 2.78 bits per heavy atom. The van der Waals surface area contributed by atoms with Gasteiger partial charge in [0.1, 0.15) is 6.04 Å². The lowest BCUT2D eigenvalue weighted by molar-refractivity contribution is -0.188. The number of alkyl halides is 3. The van der Waals surface area contributed by atoms with Gasteiger partial charge in [-0.05, 0) is 26.0 Å². The van der Waals surface area contributed by atoms with Gasteiger partial charge < -0.3 is 10.1 Å². The number of rotatable bonds is 4. The first kappa shape index (κ1) is 17.5. The monoisotopic (exact) mass is 331 g/mol. The largest absolute Gasteiger partial charge is 0.481 e. The number of hydrogen-bond acceptors (Lipinski definition) is 4. The average Bonchev–Trinajstić information content (AvgIpc) is 2.46. The van der Waals surface area contributed by atoms with E-state index in [0.29, 0.717) is 18.0 Å². The van der Waals surface area contributed by atoms with E-state index in [0.717, 1.165) is 0 Å². The zero-order valence-electron chi connectivity index (χ0n) is 13.1. The predicted octanol–water partition coefficient (Wildman–Crippen LogP) is 1.77. The summed E-state index contributed by atoms with van der Waals surface area (Å²) >= 11 is 0. The molecular formula is C15H20F3N3O2. The summed E-state index contributed by atoms with van der Waals surface area (Å²) in [4.78, 5) is 17.4. The Hall–Kier alpha value is -1.83. The number of nitrogens with one attached hydrogen (secondary N) is 1. The summed E-state index contributed by atoms with van der Waals surface area (Å²) in [5.41, 5.74) is 0.555. The fourth-order valence-electron chi connectivity index (χ4n) is 2.79. The summed E-state index contributed by atoms with van der Waals surface area (Å²) in [5, 5.41) is 2.78. The third-order valence-corrected chi connectivity index (χ3v) is 3.90. The minimum Gasteiger partial charge on any atom is -0.481 e. The summed E-state index contributed by atoms with van der Waals surface area (Å²) in [7, 11) is 2.92. The van der Waals surface area contributed by atoms with Gasteiger partial charge in [0.05, 0.1) is 19.2 Å². The zero-order chi connectivity index (χ0) is 17.0.